The minimum absolute atomic E-state index is 0.00203. The fraction of sp³-hybridized carbons (Fsp3) is 0.455. The molecule has 0 radical (unpaired) electrons. The zero-order valence-electron chi connectivity index (χ0n) is 9.93. The van der Waals surface area contributed by atoms with E-state index < -0.39 is 11.5 Å². The summed E-state index contributed by atoms with van der Waals surface area (Å²) in [4.78, 5) is 15.6. The molecule has 1 rings (SSSR count). The SMILES string of the molecule is CCC(C)(O)CNC(=O)c1ncc(Cl)c(Cl)c1Cl. The number of halogens is 3. The molecule has 0 spiro atoms. The minimum Gasteiger partial charge on any atom is -0.388 e. The van der Waals surface area contributed by atoms with Crippen molar-refractivity contribution in [3.8, 4) is 0 Å². The number of carbonyl (C=O) groups excluding carboxylic acids is 1. The van der Waals surface area contributed by atoms with Gasteiger partial charge in [-0.05, 0) is 13.3 Å². The number of nitrogens with one attached hydrogen (secondary N) is 1. The lowest BCUT2D eigenvalue weighted by atomic mass is 10.0. The summed E-state index contributed by atoms with van der Waals surface area (Å²) in [5.74, 6) is -0.507. The molecular formula is C11H13Cl3N2O2. The van der Waals surface area contributed by atoms with Gasteiger partial charge in [0.2, 0.25) is 0 Å². The van der Waals surface area contributed by atoms with Crippen molar-refractivity contribution in [2.75, 3.05) is 6.54 Å². The highest BCUT2D eigenvalue weighted by Gasteiger charge is 2.21. The lowest BCUT2D eigenvalue weighted by Gasteiger charge is -2.21. The van der Waals surface area contributed by atoms with E-state index >= 15 is 0 Å². The molecule has 1 aromatic rings. The van der Waals surface area contributed by atoms with Gasteiger partial charge in [0.05, 0.1) is 20.7 Å². The number of aromatic nitrogens is 1. The van der Waals surface area contributed by atoms with Gasteiger partial charge in [-0.2, -0.15) is 0 Å². The monoisotopic (exact) mass is 310 g/mol. The Kier molecular flexibility index (Phi) is 5.22. The molecule has 4 nitrogen and oxygen atoms in total. The van der Waals surface area contributed by atoms with Gasteiger partial charge in [-0.1, -0.05) is 41.7 Å². The number of hydrogen-bond donors (Lipinski definition) is 2. The van der Waals surface area contributed by atoms with Crippen molar-refractivity contribution < 1.29 is 9.90 Å². The van der Waals surface area contributed by atoms with Crippen molar-refractivity contribution >= 4 is 40.7 Å². The maximum Gasteiger partial charge on any atom is 0.271 e. The number of nitrogens with zero attached hydrogens (tertiary/aromatic N) is 1. The molecule has 2 N–H and O–H groups in total. The van der Waals surface area contributed by atoms with Crippen LogP contribution >= 0.6 is 34.8 Å². The predicted molar refractivity (Wildman–Crippen MR) is 72.5 cm³/mol. The first-order chi connectivity index (χ1) is 8.28. The Labute approximate surface area is 120 Å². The van der Waals surface area contributed by atoms with Crippen LogP contribution in [0.15, 0.2) is 6.20 Å². The molecule has 0 aromatic carbocycles. The molecule has 100 valence electrons. The number of pyridine rings is 1. The van der Waals surface area contributed by atoms with E-state index in [1.165, 1.54) is 6.20 Å². The first kappa shape index (κ1) is 15.5. The zero-order chi connectivity index (χ0) is 13.9. The van der Waals surface area contributed by atoms with Crippen LogP contribution in [0, 0.1) is 0 Å². The third-order valence-electron chi connectivity index (χ3n) is 2.52. The molecule has 0 saturated carbocycles. The lowest BCUT2D eigenvalue weighted by Crippen LogP contribution is -2.40. The van der Waals surface area contributed by atoms with Crippen LogP contribution in [0.3, 0.4) is 0 Å². The predicted octanol–water partition coefficient (Wildman–Crippen LogP) is 2.93. The molecule has 1 amide bonds. The van der Waals surface area contributed by atoms with Crippen LogP contribution in [0.25, 0.3) is 0 Å². The molecule has 0 aliphatic rings. The smallest absolute Gasteiger partial charge is 0.271 e. The number of carbonyl (C=O) groups is 1. The van der Waals surface area contributed by atoms with Crippen molar-refractivity contribution in [3.63, 3.8) is 0 Å². The Morgan fingerprint density at radius 1 is 1.44 bits per heavy atom. The molecule has 1 heterocycles. The van der Waals surface area contributed by atoms with Crippen LogP contribution in [-0.4, -0.2) is 28.1 Å². The maximum atomic E-state index is 11.8. The summed E-state index contributed by atoms with van der Waals surface area (Å²) in [7, 11) is 0. The van der Waals surface area contributed by atoms with Gasteiger partial charge in [0, 0.05) is 12.7 Å². The lowest BCUT2D eigenvalue weighted by molar-refractivity contribution is 0.0517. The van der Waals surface area contributed by atoms with E-state index in [1.54, 1.807) is 6.92 Å². The van der Waals surface area contributed by atoms with Crippen molar-refractivity contribution in [1.82, 2.24) is 10.3 Å². The molecule has 1 unspecified atom stereocenters. The summed E-state index contributed by atoms with van der Waals surface area (Å²) in [6.45, 7) is 3.54. The van der Waals surface area contributed by atoms with Gasteiger partial charge < -0.3 is 10.4 Å². The minimum atomic E-state index is -0.974. The molecule has 1 aromatic heterocycles. The van der Waals surface area contributed by atoms with Crippen molar-refractivity contribution in [2.45, 2.75) is 25.9 Å². The average molecular weight is 312 g/mol. The molecule has 18 heavy (non-hydrogen) atoms. The van der Waals surface area contributed by atoms with Crippen molar-refractivity contribution in [3.05, 3.63) is 27.0 Å². The van der Waals surface area contributed by atoms with Crippen LogP contribution in [0.4, 0.5) is 0 Å². The first-order valence-corrected chi connectivity index (χ1v) is 6.42. The van der Waals surface area contributed by atoms with Gasteiger partial charge in [0.25, 0.3) is 5.91 Å². The second-order valence-corrected chi connectivity index (χ2v) is 5.28. The second-order valence-electron chi connectivity index (χ2n) is 4.12. The Balaban J connectivity index is 2.83. The molecule has 0 bridgehead atoms. The standard InChI is InChI=1S/C11H13Cl3N2O2/c1-3-11(2,18)5-16-10(17)9-8(14)7(13)6(12)4-15-9/h4,18H,3,5H2,1-2H3,(H,16,17). The van der Waals surface area contributed by atoms with Crippen LogP contribution in [0.5, 0.6) is 0 Å². The molecule has 7 heteroatoms. The largest absolute Gasteiger partial charge is 0.388 e. The summed E-state index contributed by atoms with van der Waals surface area (Å²) < 4.78 is 0. The zero-order valence-corrected chi connectivity index (χ0v) is 12.2. The van der Waals surface area contributed by atoms with Gasteiger partial charge in [0.15, 0.2) is 0 Å². The number of hydrogen-bond acceptors (Lipinski definition) is 3. The van der Waals surface area contributed by atoms with E-state index in [0.29, 0.717) is 6.42 Å². The topological polar surface area (TPSA) is 62.2 Å². The number of amides is 1. The summed E-state index contributed by atoms with van der Waals surface area (Å²) >= 11 is 17.4. The second kappa shape index (κ2) is 6.06. The van der Waals surface area contributed by atoms with E-state index in [0.717, 1.165) is 0 Å². The quantitative estimate of drug-likeness (QED) is 0.898. The van der Waals surface area contributed by atoms with E-state index in [2.05, 4.69) is 10.3 Å². The third kappa shape index (κ3) is 3.72. The van der Waals surface area contributed by atoms with Gasteiger partial charge in [-0.25, -0.2) is 4.98 Å². The normalized spacial score (nSPS) is 14.1. The summed E-state index contributed by atoms with van der Waals surface area (Å²) in [6, 6.07) is 0. The van der Waals surface area contributed by atoms with E-state index in [9.17, 15) is 9.90 Å². The Hall–Kier alpha value is -0.550. The molecule has 1 atom stereocenters. The molecule has 0 aliphatic heterocycles. The number of rotatable bonds is 4. The van der Waals surface area contributed by atoms with Crippen LogP contribution in [-0.2, 0) is 0 Å². The van der Waals surface area contributed by atoms with E-state index in [4.69, 9.17) is 34.8 Å². The van der Waals surface area contributed by atoms with Crippen LogP contribution < -0.4 is 5.32 Å². The maximum absolute atomic E-state index is 11.8. The Bertz CT molecular complexity index is 464. The van der Waals surface area contributed by atoms with Crippen molar-refractivity contribution in [2.24, 2.45) is 0 Å². The van der Waals surface area contributed by atoms with Gasteiger partial charge in [-0.3, -0.25) is 4.79 Å². The highest BCUT2D eigenvalue weighted by molar-refractivity contribution is 6.48. The van der Waals surface area contributed by atoms with Gasteiger partial charge in [0.1, 0.15) is 5.69 Å². The summed E-state index contributed by atoms with van der Waals surface area (Å²) in [5.41, 5.74) is -0.990. The van der Waals surface area contributed by atoms with E-state index in [1.807, 2.05) is 6.92 Å². The van der Waals surface area contributed by atoms with Gasteiger partial charge >= 0.3 is 0 Å². The highest BCUT2D eigenvalue weighted by Crippen LogP contribution is 2.30. The fourth-order valence-electron chi connectivity index (χ4n) is 1.08. The van der Waals surface area contributed by atoms with Crippen LogP contribution in [0.2, 0.25) is 15.1 Å². The molecular weight excluding hydrogens is 298 g/mol. The molecule has 0 aliphatic carbocycles. The molecule has 0 fully saturated rings. The average Bonchev–Trinajstić information content (AvgIpc) is 2.33. The summed E-state index contributed by atoms with van der Waals surface area (Å²) in [5, 5.41) is 12.6. The Morgan fingerprint density at radius 2 is 2.06 bits per heavy atom. The highest BCUT2D eigenvalue weighted by atomic mass is 35.5. The van der Waals surface area contributed by atoms with Crippen LogP contribution in [0.1, 0.15) is 30.8 Å². The molecule has 0 saturated heterocycles. The van der Waals surface area contributed by atoms with Crippen molar-refractivity contribution in [1.29, 1.82) is 0 Å². The third-order valence-corrected chi connectivity index (χ3v) is 3.76. The number of aliphatic hydroxyl groups is 1. The Morgan fingerprint density at radius 3 is 2.61 bits per heavy atom. The van der Waals surface area contributed by atoms with E-state index in [-0.39, 0.29) is 27.3 Å². The fourth-order valence-corrected chi connectivity index (χ4v) is 1.65. The first-order valence-electron chi connectivity index (χ1n) is 5.28. The van der Waals surface area contributed by atoms with Gasteiger partial charge in [-0.15, -0.1) is 0 Å². The summed E-state index contributed by atoms with van der Waals surface area (Å²) in [6.07, 6.45) is 1.76.